The molecule has 6 heteroatoms. The molecule has 0 aliphatic rings. The van der Waals surface area contributed by atoms with Crippen molar-refractivity contribution in [1.82, 2.24) is 0 Å². The zero-order chi connectivity index (χ0) is 12.3. The highest BCUT2D eigenvalue weighted by atomic mass is 79.9. The molecule has 1 aromatic carbocycles. The average molecular weight is 294 g/mol. The third kappa shape index (κ3) is 3.10. The van der Waals surface area contributed by atoms with Crippen molar-refractivity contribution in [3.8, 4) is 0 Å². The molecule has 0 saturated carbocycles. The molecule has 0 aliphatic heterocycles. The smallest absolute Gasteiger partial charge is 0.322 e. The van der Waals surface area contributed by atoms with E-state index in [-0.39, 0.29) is 10.2 Å². The highest BCUT2D eigenvalue weighted by molar-refractivity contribution is 9.10. The summed E-state index contributed by atoms with van der Waals surface area (Å²) in [6.07, 6.45) is -3.62. The molecule has 0 radical (unpaired) electrons. The lowest BCUT2D eigenvalue weighted by atomic mass is 10.1. The maximum Gasteiger partial charge on any atom is 0.418 e. The standard InChI is InChI=1S/C10H7BrF3NO/c1-2-9(16)15-8-4-3-6(11)5-7(8)10(12,13)14/h2-5H,1H2,(H,15,16). The molecule has 0 heterocycles. The van der Waals surface area contributed by atoms with Gasteiger partial charge in [-0.05, 0) is 24.3 Å². The van der Waals surface area contributed by atoms with Gasteiger partial charge in [0.05, 0.1) is 11.3 Å². The monoisotopic (exact) mass is 293 g/mol. The van der Waals surface area contributed by atoms with Gasteiger partial charge in [0.2, 0.25) is 5.91 Å². The Bertz CT molecular complexity index is 429. The fourth-order valence-electron chi connectivity index (χ4n) is 1.04. The number of halogens is 4. The summed E-state index contributed by atoms with van der Waals surface area (Å²) in [7, 11) is 0. The van der Waals surface area contributed by atoms with Crippen LogP contribution in [0.4, 0.5) is 18.9 Å². The van der Waals surface area contributed by atoms with Crippen LogP contribution in [0, 0.1) is 0 Å². The van der Waals surface area contributed by atoms with Crippen LogP contribution >= 0.6 is 15.9 Å². The quantitative estimate of drug-likeness (QED) is 0.830. The lowest BCUT2D eigenvalue weighted by molar-refractivity contribution is -0.137. The second kappa shape index (κ2) is 4.69. The molecule has 0 spiro atoms. The number of hydrogen-bond acceptors (Lipinski definition) is 1. The Morgan fingerprint density at radius 2 is 2.06 bits per heavy atom. The predicted octanol–water partition coefficient (Wildman–Crippen LogP) is 3.59. The van der Waals surface area contributed by atoms with E-state index in [9.17, 15) is 18.0 Å². The third-order valence-corrected chi connectivity index (χ3v) is 2.22. The number of alkyl halides is 3. The zero-order valence-electron chi connectivity index (χ0n) is 7.94. The maximum atomic E-state index is 12.6. The van der Waals surface area contributed by atoms with Crippen LogP contribution in [0.15, 0.2) is 35.3 Å². The third-order valence-electron chi connectivity index (χ3n) is 1.73. The first kappa shape index (κ1) is 12.8. The maximum absolute atomic E-state index is 12.6. The summed E-state index contributed by atoms with van der Waals surface area (Å²) >= 11 is 2.94. The fourth-order valence-corrected chi connectivity index (χ4v) is 1.40. The molecule has 1 aromatic rings. The van der Waals surface area contributed by atoms with Crippen molar-refractivity contribution in [2.75, 3.05) is 5.32 Å². The van der Waals surface area contributed by atoms with Gasteiger partial charge in [0.1, 0.15) is 0 Å². The first-order valence-corrected chi connectivity index (χ1v) is 4.94. The van der Waals surface area contributed by atoms with Crippen LogP contribution in [-0.4, -0.2) is 5.91 Å². The molecule has 0 unspecified atom stereocenters. The Hall–Kier alpha value is -1.30. The SMILES string of the molecule is C=CC(=O)Nc1ccc(Br)cc1C(F)(F)F. The Kier molecular flexibility index (Phi) is 3.74. The van der Waals surface area contributed by atoms with E-state index < -0.39 is 17.6 Å². The molecule has 0 saturated heterocycles. The van der Waals surface area contributed by atoms with E-state index in [0.717, 1.165) is 12.1 Å². The molecule has 1 N–H and O–H groups in total. The Morgan fingerprint density at radius 3 is 2.56 bits per heavy atom. The minimum atomic E-state index is -4.52. The normalized spacial score (nSPS) is 11.0. The fraction of sp³-hybridized carbons (Fsp3) is 0.100. The van der Waals surface area contributed by atoms with Gasteiger partial charge in [-0.2, -0.15) is 13.2 Å². The van der Waals surface area contributed by atoms with Crippen molar-refractivity contribution in [3.05, 3.63) is 40.9 Å². The van der Waals surface area contributed by atoms with E-state index in [1.54, 1.807) is 0 Å². The Balaban J connectivity index is 3.18. The highest BCUT2D eigenvalue weighted by Crippen LogP contribution is 2.36. The summed E-state index contributed by atoms with van der Waals surface area (Å²) in [5.41, 5.74) is -1.20. The molecule has 1 amide bonds. The molecule has 2 nitrogen and oxygen atoms in total. The van der Waals surface area contributed by atoms with Crippen LogP contribution < -0.4 is 5.32 Å². The lowest BCUT2D eigenvalue weighted by Crippen LogP contribution is -2.14. The van der Waals surface area contributed by atoms with Gasteiger partial charge < -0.3 is 5.32 Å². The summed E-state index contributed by atoms with van der Waals surface area (Å²) in [4.78, 5) is 10.9. The van der Waals surface area contributed by atoms with Gasteiger partial charge >= 0.3 is 6.18 Å². The second-order valence-corrected chi connectivity index (χ2v) is 3.80. The first-order chi connectivity index (χ1) is 7.34. The van der Waals surface area contributed by atoms with Gasteiger partial charge in [-0.3, -0.25) is 4.79 Å². The molecule has 0 aromatic heterocycles. The summed E-state index contributed by atoms with van der Waals surface area (Å²) in [5, 5.41) is 2.10. The van der Waals surface area contributed by atoms with E-state index in [4.69, 9.17) is 0 Å². The Labute approximate surface area is 98.3 Å². The van der Waals surface area contributed by atoms with E-state index in [1.165, 1.54) is 12.1 Å². The minimum absolute atomic E-state index is 0.288. The van der Waals surface area contributed by atoms with Gasteiger partial charge in [-0.25, -0.2) is 0 Å². The van der Waals surface area contributed by atoms with Gasteiger partial charge in [-0.1, -0.05) is 22.5 Å². The summed E-state index contributed by atoms with van der Waals surface area (Å²) in [5.74, 6) is -0.687. The number of nitrogens with one attached hydrogen (secondary N) is 1. The molecular weight excluding hydrogens is 287 g/mol. The van der Waals surface area contributed by atoms with Crippen molar-refractivity contribution in [1.29, 1.82) is 0 Å². The van der Waals surface area contributed by atoms with E-state index >= 15 is 0 Å². The molecule has 86 valence electrons. The lowest BCUT2D eigenvalue weighted by Gasteiger charge is -2.13. The summed E-state index contributed by atoms with van der Waals surface area (Å²) in [6, 6.07) is 3.49. The predicted molar refractivity (Wildman–Crippen MR) is 58.0 cm³/mol. The van der Waals surface area contributed by atoms with E-state index in [0.29, 0.717) is 0 Å². The molecule has 16 heavy (non-hydrogen) atoms. The van der Waals surface area contributed by atoms with Crippen LogP contribution in [0.2, 0.25) is 0 Å². The van der Waals surface area contributed by atoms with Crippen molar-refractivity contribution in [2.24, 2.45) is 0 Å². The van der Waals surface area contributed by atoms with Crippen molar-refractivity contribution >= 4 is 27.5 Å². The number of anilines is 1. The van der Waals surface area contributed by atoms with Crippen LogP contribution in [0.5, 0.6) is 0 Å². The number of amides is 1. The number of benzene rings is 1. The van der Waals surface area contributed by atoms with Crippen molar-refractivity contribution in [3.63, 3.8) is 0 Å². The average Bonchev–Trinajstić information content (AvgIpc) is 2.19. The molecular formula is C10H7BrF3NO. The highest BCUT2D eigenvalue weighted by Gasteiger charge is 2.33. The van der Waals surface area contributed by atoms with Crippen LogP contribution in [0.1, 0.15) is 5.56 Å². The topological polar surface area (TPSA) is 29.1 Å². The summed E-state index contributed by atoms with van der Waals surface area (Å²) in [6.45, 7) is 3.16. The number of carbonyl (C=O) groups excluding carboxylic acids is 1. The van der Waals surface area contributed by atoms with Gasteiger partial charge in [0.15, 0.2) is 0 Å². The number of carbonyl (C=O) groups is 1. The van der Waals surface area contributed by atoms with Gasteiger partial charge in [-0.15, -0.1) is 0 Å². The molecule has 0 aliphatic carbocycles. The van der Waals surface area contributed by atoms with E-state index in [1.807, 2.05) is 0 Å². The van der Waals surface area contributed by atoms with Crippen molar-refractivity contribution < 1.29 is 18.0 Å². The first-order valence-electron chi connectivity index (χ1n) is 4.15. The van der Waals surface area contributed by atoms with Crippen LogP contribution in [0.25, 0.3) is 0 Å². The molecule has 0 fully saturated rings. The van der Waals surface area contributed by atoms with Gasteiger partial charge in [0, 0.05) is 4.47 Å². The number of hydrogen-bond donors (Lipinski definition) is 1. The van der Waals surface area contributed by atoms with Crippen LogP contribution in [-0.2, 0) is 11.0 Å². The number of rotatable bonds is 2. The molecule has 1 rings (SSSR count). The van der Waals surface area contributed by atoms with Crippen LogP contribution in [0.3, 0.4) is 0 Å². The minimum Gasteiger partial charge on any atom is -0.322 e. The molecule has 0 bridgehead atoms. The van der Waals surface area contributed by atoms with E-state index in [2.05, 4.69) is 27.8 Å². The van der Waals surface area contributed by atoms with Gasteiger partial charge in [0.25, 0.3) is 0 Å². The largest absolute Gasteiger partial charge is 0.418 e. The zero-order valence-corrected chi connectivity index (χ0v) is 9.52. The Morgan fingerprint density at radius 1 is 1.44 bits per heavy atom. The van der Waals surface area contributed by atoms with Crippen molar-refractivity contribution in [2.45, 2.75) is 6.18 Å². The second-order valence-electron chi connectivity index (χ2n) is 2.88. The molecule has 0 atom stereocenters. The summed E-state index contributed by atoms with van der Waals surface area (Å²) < 4.78 is 38.0.